The fourth-order valence-corrected chi connectivity index (χ4v) is 3.22. The number of hydrogen-bond donors (Lipinski definition) is 4. The highest BCUT2D eigenvalue weighted by molar-refractivity contribution is 5.73. The summed E-state index contributed by atoms with van der Waals surface area (Å²) in [6, 6.07) is -0.744. The lowest BCUT2D eigenvalue weighted by Gasteiger charge is -2.27. The zero-order valence-corrected chi connectivity index (χ0v) is 25.4. The first kappa shape index (κ1) is 36.2. The molecule has 0 saturated heterocycles. The molecular weight excluding hydrogens is 508 g/mol. The van der Waals surface area contributed by atoms with Crippen molar-refractivity contribution < 1.29 is 38.5 Å². The predicted octanol–water partition coefficient (Wildman–Crippen LogP) is 4.27. The minimum atomic E-state index is -0.958. The van der Waals surface area contributed by atoms with Gasteiger partial charge in [0.15, 0.2) is 0 Å². The van der Waals surface area contributed by atoms with E-state index in [2.05, 4.69) is 16.0 Å². The van der Waals surface area contributed by atoms with Gasteiger partial charge in [0.05, 0.1) is 0 Å². The summed E-state index contributed by atoms with van der Waals surface area (Å²) in [6.07, 6.45) is 1.16. The van der Waals surface area contributed by atoms with Crippen LogP contribution < -0.4 is 16.0 Å². The van der Waals surface area contributed by atoms with Crippen LogP contribution in [-0.4, -0.2) is 89.8 Å². The lowest BCUT2D eigenvalue weighted by Crippen LogP contribution is -2.40. The average molecular weight is 561 g/mol. The number of aliphatic carboxylic acids is 1. The Morgan fingerprint density at radius 3 is 1.59 bits per heavy atom. The van der Waals surface area contributed by atoms with Gasteiger partial charge < -0.3 is 40.2 Å². The Bertz CT molecular complexity index is 769. The van der Waals surface area contributed by atoms with Crippen LogP contribution in [-0.2, 0) is 19.0 Å². The van der Waals surface area contributed by atoms with Crippen LogP contribution in [0.4, 0.5) is 14.4 Å². The van der Waals surface area contributed by atoms with Crippen molar-refractivity contribution in [3.63, 3.8) is 0 Å². The van der Waals surface area contributed by atoms with Crippen molar-refractivity contribution in [1.82, 2.24) is 20.9 Å². The molecule has 0 aliphatic rings. The molecule has 0 fully saturated rings. The first-order valence-electron chi connectivity index (χ1n) is 13.7. The molecule has 0 aromatic heterocycles. The standard InChI is InChI=1S/C27H52N4O8/c1-25(2,3)37-22(34)29-16-12-14-20(21(32)33)28-15-10-11-18-31(24(36)39-27(7,8)9)19-13-17-30-23(35)38-26(4,5)6/h20,28H,10-19H2,1-9H3,(H,29,34)(H,30,35)(H,32,33). The number of amides is 3. The molecule has 12 heteroatoms. The fraction of sp³-hybridized carbons (Fsp3) is 0.852. The number of carbonyl (C=O) groups is 4. The van der Waals surface area contributed by atoms with Crippen LogP contribution in [0.1, 0.15) is 94.4 Å². The molecule has 4 N–H and O–H groups in total. The van der Waals surface area contributed by atoms with Crippen molar-refractivity contribution >= 4 is 24.2 Å². The van der Waals surface area contributed by atoms with Gasteiger partial charge in [-0.05, 0) is 101 Å². The third-order valence-corrected chi connectivity index (χ3v) is 4.81. The monoisotopic (exact) mass is 560 g/mol. The summed E-state index contributed by atoms with van der Waals surface area (Å²) >= 11 is 0. The van der Waals surface area contributed by atoms with Gasteiger partial charge in [-0.3, -0.25) is 4.79 Å². The topological polar surface area (TPSA) is 156 Å². The second-order valence-corrected chi connectivity index (χ2v) is 12.4. The fourth-order valence-electron chi connectivity index (χ4n) is 3.22. The number of hydrogen-bond acceptors (Lipinski definition) is 8. The highest BCUT2D eigenvalue weighted by Crippen LogP contribution is 2.12. The summed E-state index contributed by atoms with van der Waals surface area (Å²) in [5.74, 6) is -0.958. The van der Waals surface area contributed by atoms with Crippen LogP contribution in [0.15, 0.2) is 0 Å². The maximum atomic E-state index is 12.7. The first-order valence-corrected chi connectivity index (χ1v) is 13.7. The van der Waals surface area contributed by atoms with Crippen molar-refractivity contribution in [3.05, 3.63) is 0 Å². The summed E-state index contributed by atoms with van der Waals surface area (Å²) in [5.41, 5.74) is -1.82. The molecule has 12 nitrogen and oxygen atoms in total. The zero-order valence-electron chi connectivity index (χ0n) is 25.4. The predicted molar refractivity (Wildman–Crippen MR) is 149 cm³/mol. The van der Waals surface area contributed by atoms with Crippen LogP contribution in [0.25, 0.3) is 0 Å². The first-order chi connectivity index (χ1) is 17.8. The molecule has 0 saturated carbocycles. The Kier molecular flexibility index (Phi) is 15.8. The summed E-state index contributed by atoms with van der Waals surface area (Å²) in [6.45, 7) is 18.0. The van der Waals surface area contributed by atoms with Crippen LogP contribution in [0.3, 0.4) is 0 Å². The lowest BCUT2D eigenvalue weighted by molar-refractivity contribution is -0.139. The average Bonchev–Trinajstić information content (AvgIpc) is 2.72. The smallest absolute Gasteiger partial charge is 0.410 e. The van der Waals surface area contributed by atoms with E-state index >= 15 is 0 Å². The summed E-state index contributed by atoms with van der Waals surface area (Å²) in [5, 5.41) is 17.8. The zero-order chi connectivity index (χ0) is 30.3. The third-order valence-electron chi connectivity index (χ3n) is 4.81. The minimum absolute atomic E-state index is 0.313. The highest BCUT2D eigenvalue weighted by Gasteiger charge is 2.23. The maximum Gasteiger partial charge on any atom is 0.410 e. The van der Waals surface area contributed by atoms with Crippen molar-refractivity contribution in [3.8, 4) is 0 Å². The van der Waals surface area contributed by atoms with Gasteiger partial charge in [-0.15, -0.1) is 0 Å². The lowest BCUT2D eigenvalue weighted by atomic mass is 10.1. The molecular formula is C27H52N4O8. The number of nitrogens with one attached hydrogen (secondary N) is 3. The van der Waals surface area contributed by atoms with Gasteiger partial charge in [-0.25, -0.2) is 14.4 Å². The van der Waals surface area contributed by atoms with Gasteiger partial charge >= 0.3 is 24.2 Å². The second-order valence-electron chi connectivity index (χ2n) is 12.4. The largest absolute Gasteiger partial charge is 0.480 e. The van der Waals surface area contributed by atoms with Crippen molar-refractivity contribution in [1.29, 1.82) is 0 Å². The third kappa shape index (κ3) is 21.8. The van der Waals surface area contributed by atoms with E-state index in [1.807, 2.05) is 0 Å². The molecule has 0 bridgehead atoms. The van der Waals surface area contributed by atoms with Crippen LogP contribution in [0.5, 0.6) is 0 Å². The number of unbranched alkanes of at least 4 members (excludes halogenated alkanes) is 1. The Balaban J connectivity index is 4.54. The number of carbonyl (C=O) groups excluding carboxylic acids is 3. The number of carboxylic acid groups (broad SMARTS) is 1. The number of alkyl carbamates (subject to hydrolysis) is 2. The molecule has 0 aliphatic heterocycles. The van der Waals surface area contributed by atoms with Gasteiger partial charge in [0, 0.05) is 26.2 Å². The van der Waals surface area contributed by atoms with Crippen molar-refractivity contribution in [2.24, 2.45) is 0 Å². The van der Waals surface area contributed by atoms with E-state index in [4.69, 9.17) is 14.2 Å². The van der Waals surface area contributed by atoms with Gasteiger partial charge in [0.1, 0.15) is 22.8 Å². The van der Waals surface area contributed by atoms with Crippen molar-refractivity contribution in [2.75, 3.05) is 32.7 Å². The van der Waals surface area contributed by atoms with E-state index in [1.54, 1.807) is 67.2 Å². The van der Waals surface area contributed by atoms with Gasteiger partial charge in [0.2, 0.25) is 0 Å². The summed E-state index contributed by atoms with van der Waals surface area (Å²) < 4.78 is 15.9. The number of nitrogens with zero attached hydrogens (tertiary/aromatic N) is 1. The second kappa shape index (κ2) is 17.0. The number of rotatable bonds is 15. The molecule has 228 valence electrons. The minimum Gasteiger partial charge on any atom is -0.480 e. The van der Waals surface area contributed by atoms with Crippen LogP contribution in [0, 0.1) is 0 Å². The van der Waals surface area contributed by atoms with Gasteiger partial charge in [-0.1, -0.05) is 0 Å². The van der Waals surface area contributed by atoms with Gasteiger partial charge in [-0.2, -0.15) is 0 Å². The number of ether oxygens (including phenoxy) is 3. The Morgan fingerprint density at radius 2 is 1.13 bits per heavy atom. The van der Waals surface area contributed by atoms with Crippen LogP contribution in [0.2, 0.25) is 0 Å². The maximum absolute atomic E-state index is 12.7. The molecule has 0 radical (unpaired) electrons. The molecule has 1 unspecified atom stereocenters. The quantitative estimate of drug-likeness (QED) is 0.170. The Morgan fingerprint density at radius 1 is 0.667 bits per heavy atom. The molecule has 0 aliphatic carbocycles. The highest BCUT2D eigenvalue weighted by atomic mass is 16.6. The van der Waals surface area contributed by atoms with E-state index < -0.39 is 47.1 Å². The normalized spacial score (nSPS) is 12.7. The summed E-state index contributed by atoms with van der Waals surface area (Å²) in [4.78, 5) is 49.4. The number of carboxylic acids is 1. The van der Waals surface area contributed by atoms with Crippen LogP contribution >= 0.6 is 0 Å². The van der Waals surface area contributed by atoms with E-state index in [9.17, 15) is 24.3 Å². The molecule has 0 aromatic rings. The van der Waals surface area contributed by atoms with E-state index in [0.717, 1.165) is 0 Å². The molecule has 0 rings (SSSR count). The molecule has 0 aromatic carbocycles. The van der Waals surface area contributed by atoms with E-state index in [-0.39, 0.29) is 0 Å². The van der Waals surface area contributed by atoms with Crippen molar-refractivity contribution in [2.45, 2.75) is 117 Å². The Labute approximate surface area is 233 Å². The molecule has 0 spiro atoms. The molecule has 0 heterocycles. The molecule has 39 heavy (non-hydrogen) atoms. The van der Waals surface area contributed by atoms with E-state index in [0.29, 0.717) is 64.8 Å². The van der Waals surface area contributed by atoms with Gasteiger partial charge in [0.25, 0.3) is 0 Å². The molecule has 3 amide bonds. The molecule has 1 atom stereocenters. The van der Waals surface area contributed by atoms with E-state index in [1.165, 1.54) is 0 Å². The SMILES string of the molecule is CC(C)(C)OC(=O)NCCCC(NCCCCN(CCCNC(=O)OC(C)(C)C)C(=O)OC(C)(C)C)C(=O)O. The summed E-state index contributed by atoms with van der Waals surface area (Å²) in [7, 11) is 0. The Hall–Kier alpha value is -2.76.